The first kappa shape index (κ1) is 15.8. The van der Waals surface area contributed by atoms with Crippen LogP contribution in [0.1, 0.15) is 32.3 Å². The lowest BCUT2D eigenvalue weighted by atomic mass is 10.0. The summed E-state index contributed by atoms with van der Waals surface area (Å²) >= 11 is 0. The van der Waals surface area contributed by atoms with Crippen molar-refractivity contribution in [1.82, 2.24) is 10.2 Å². The van der Waals surface area contributed by atoms with Gasteiger partial charge in [0.05, 0.1) is 13.5 Å². The Morgan fingerprint density at radius 2 is 2.00 bits per heavy atom. The molecule has 0 atom stereocenters. The largest absolute Gasteiger partial charge is 0.496 e. The van der Waals surface area contributed by atoms with Gasteiger partial charge in [-0.25, -0.2) is 0 Å². The number of nitrogens with one attached hydrogen (secondary N) is 1. The van der Waals surface area contributed by atoms with Gasteiger partial charge in [-0.3, -0.25) is 4.79 Å². The summed E-state index contributed by atoms with van der Waals surface area (Å²) in [7, 11) is 1.64. The zero-order chi connectivity index (χ0) is 15.2. The molecular weight excluding hydrogens is 264 g/mol. The Hall–Kier alpha value is -1.55. The number of ether oxygens (including phenoxy) is 1. The Balaban J connectivity index is 1.83. The molecule has 21 heavy (non-hydrogen) atoms. The third-order valence-corrected chi connectivity index (χ3v) is 4.17. The zero-order valence-electron chi connectivity index (χ0n) is 13.3. The standard InChI is InChI=1S/C17H26N2O2/c1-13(2)19-10-8-15(9-11-19)18-17(20)12-14-6-4-5-7-16(14)21-3/h4-7,13,15H,8-12H2,1-3H3,(H,18,20). The van der Waals surface area contributed by atoms with Crippen LogP contribution in [-0.4, -0.2) is 43.1 Å². The molecule has 1 heterocycles. The summed E-state index contributed by atoms with van der Waals surface area (Å²) in [5, 5.41) is 3.16. The van der Waals surface area contributed by atoms with Crippen LogP contribution >= 0.6 is 0 Å². The van der Waals surface area contributed by atoms with E-state index in [2.05, 4.69) is 24.1 Å². The van der Waals surface area contributed by atoms with Gasteiger partial charge in [0, 0.05) is 30.7 Å². The topological polar surface area (TPSA) is 41.6 Å². The summed E-state index contributed by atoms with van der Waals surface area (Å²) in [5.74, 6) is 0.866. The molecule has 0 radical (unpaired) electrons. The molecule has 0 saturated carbocycles. The first-order valence-corrected chi connectivity index (χ1v) is 7.75. The Kier molecular flexibility index (Phi) is 5.62. The molecule has 4 nitrogen and oxygen atoms in total. The molecule has 1 amide bonds. The summed E-state index contributed by atoms with van der Waals surface area (Å²) in [6, 6.07) is 8.59. The minimum Gasteiger partial charge on any atom is -0.496 e. The van der Waals surface area contributed by atoms with Gasteiger partial charge in [0.25, 0.3) is 0 Å². The summed E-state index contributed by atoms with van der Waals surface area (Å²) in [4.78, 5) is 14.6. The minimum absolute atomic E-state index is 0.0856. The number of methoxy groups -OCH3 is 1. The van der Waals surface area contributed by atoms with Crippen LogP contribution in [0.2, 0.25) is 0 Å². The second kappa shape index (κ2) is 7.46. The van der Waals surface area contributed by atoms with Crippen LogP contribution in [0, 0.1) is 0 Å². The van der Waals surface area contributed by atoms with Crippen molar-refractivity contribution < 1.29 is 9.53 Å². The highest BCUT2D eigenvalue weighted by Gasteiger charge is 2.22. The SMILES string of the molecule is COc1ccccc1CC(=O)NC1CCN(C(C)C)CC1. The molecule has 4 heteroatoms. The number of carbonyl (C=O) groups excluding carboxylic acids is 1. The Morgan fingerprint density at radius 3 is 2.62 bits per heavy atom. The molecule has 0 unspecified atom stereocenters. The van der Waals surface area contributed by atoms with Gasteiger partial charge in [-0.1, -0.05) is 18.2 Å². The number of benzene rings is 1. The number of likely N-dealkylation sites (tertiary alicyclic amines) is 1. The second-order valence-corrected chi connectivity index (χ2v) is 5.96. The number of hydrogen-bond acceptors (Lipinski definition) is 3. The van der Waals surface area contributed by atoms with Gasteiger partial charge in [0.2, 0.25) is 5.91 Å². The van der Waals surface area contributed by atoms with E-state index in [-0.39, 0.29) is 5.91 Å². The van der Waals surface area contributed by atoms with Crippen molar-refractivity contribution in [1.29, 1.82) is 0 Å². The van der Waals surface area contributed by atoms with Crippen molar-refractivity contribution in [2.24, 2.45) is 0 Å². The molecule has 2 rings (SSSR count). The third kappa shape index (κ3) is 4.46. The van der Waals surface area contributed by atoms with E-state index < -0.39 is 0 Å². The molecule has 1 aromatic carbocycles. The predicted molar refractivity (Wildman–Crippen MR) is 84.6 cm³/mol. The summed E-state index contributed by atoms with van der Waals surface area (Å²) in [5.41, 5.74) is 0.942. The van der Waals surface area contributed by atoms with Crippen LogP contribution in [0.3, 0.4) is 0 Å². The van der Waals surface area contributed by atoms with Gasteiger partial charge in [-0.2, -0.15) is 0 Å². The molecule has 1 aliphatic heterocycles. The molecule has 1 aliphatic rings. The molecule has 0 bridgehead atoms. The number of hydrogen-bond donors (Lipinski definition) is 1. The lowest BCUT2D eigenvalue weighted by molar-refractivity contribution is -0.121. The Bertz CT molecular complexity index is 466. The van der Waals surface area contributed by atoms with Crippen LogP contribution in [-0.2, 0) is 11.2 Å². The monoisotopic (exact) mass is 290 g/mol. The van der Waals surface area contributed by atoms with Crippen LogP contribution in [0.5, 0.6) is 5.75 Å². The van der Waals surface area contributed by atoms with Gasteiger partial charge in [-0.05, 0) is 32.8 Å². The molecule has 0 spiro atoms. The van der Waals surface area contributed by atoms with E-state index in [4.69, 9.17) is 4.74 Å². The van der Waals surface area contributed by atoms with E-state index in [1.165, 1.54) is 0 Å². The fourth-order valence-electron chi connectivity index (χ4n) is 2.86. The first-order chi connectivity index (χ1) is 10.1. The molecule has 1 fully saturated rings. The highest BCUT2D eigenvalue weighted by Crippen LogP contribution is 2.18. The second-order valence-electron chi connectivity index (χ2n) is 5.96. The molecule has 1 saturated heterocycles. The lowest BCUT2D eigenvalue weighted by Gasteiger charge is -2.34. The van der Waals surface area contributed by atoms with Crippen LogP contribution in [0.15, 0.2) is 24.3 Å². The van der Waals surface area contributed by atoms with Crippen molar-refractivity contribution in [2.75, 3.05) is 20.2 Å². The van der Waals surface area contributed by atoms with E-state index in [0.29, 0.717) is 18.5 Å². The van der Waals surface area contributed by atoms with E-state index in [9.17, 15) is 4.79 Å². The predicted octanol–water partition coefficient (Wildman–Crippen LogP) is 2.23. The Labute approximate surface area is 127 Å². The Morgan fingerprint density at radius 1 is 1.33 bits per heavy atom. The average Bonchev–Trinajstić information content (AvgIpc) is 2.48. The maximum atomic E-state index is 12.2. The molecular formula is C17H26N2O2. The highest BCUT2D eigenvalue weighted by molar-refractivity contribution is 5.79. The van der Waals surface area contributed by atoms with Crippen molar-refractivity contribution in [3.63, 3.8) is 0 Å². The fraction of sp³-hybridized carbons (Fsp3) is 0.588. The van der Waals surface area contributed by atoms with Gasteiger partial charge in [0.15, 0.2) is 0 Å². The molecule has 0 aliphatic carbocycles. The van der Waals surface area contributed by atoms with Crippen molar-refractivity contribution in [3.8, 4) is 5.75 Å². The van der Waals surface area contributed by atoms with E-state index in [0.717, 1.165) is 37.2 Å². The summed E-state index contributed by atoms with van der Waals surface area (Å²) in [6.45, 7) is 6.58. The molecule has 116 valence electrons. The fourth-order valence-corrected chi connectivity index (χ4v) is 2.86. The number of nitrogens with zero attached hydrogens (tertiary/aromatic N) is 1. The van der Waals surface area contributed by atoms with Crippen molar-refractivity contribution in [3.05, 3.63) is 29.8 Å². The number of piperidine rings is 1. The van der Waals surface area contributed by atoms with Gasteiger partial charge in [-0.15, -0.1) is 0 Å². The van der Waals surface area contributed by atoms with Gasteiger partial charge >= 0.3 is 0 Å². The molecule has 0 aromatic heterocycles. The van der Waals surface area contributed by atoms with Crippen molar-refractivity contribution in [2.45, 2.75) is 45.2 Å². The lowest BCUT2D eigenvalue weighted by Crippen LogP contribution is -2.46. The average molecular weight is 290 g/mol. The summed E-state index contributed by atoms with van der Waals surface area (Å²) in [6.07, 6.45) is 2.46. The van der Waals surface area contributed by atoms with Gasteiger partial charge in [0.1, 0.15) is 5.75 Å². The van der Waals surface area contributed by atoms with E-state index in [1.807, 2.05) is 24.3 Å². The maximum Gasteiger partial charge on any atom is 0.224 e. The molecule has 1 N–H and O–H groups in total. The minimum atomic E-state index is 0.0856. The maximum absolute atomic E-state index is 12.2. The van der Waals surface area contributed by atoms with Crippen LogP contribution < -0.4 is 10.1 Å². The van der Waals surface area contributed by atoms with Crippen LogP contribution in [0.4, 0.5) is 0 Å². The third-order valence-electron chi connectivity index (χ3n) is 4.17. The summed E-state index contributed by atoms with van der Waals surface area (Å²) < 4.78 is 5.29. The number of carbonyl (C=O) groups is 1. The van der Waals surface area contributed by atoms with E-state index in [1.54, 1.807) is 7.11 Å². The number of para-hydroxylation sites is 1. The number of amides is 1. The van der Waals surface area contributed by atoms with E-state index >= 15 is 0 Å². The highest BCUT2D eigenvalue weighted by atomic mass is 16.5. The molecule has 1 aromatic rings. The normalized spacial score (nSPS) is 17.0. The number of rotatable bonds is 5. The quantitative estimate of drug-likeness (QED) is 0.904. The zero-order valence-corrected chi connectivity index (χ0v) is 13.3. The van der Waals surface area contributed by atoms with Crippen molar-refractivity contribution >= 4 is 5.91 Å². The first-order valence-electron chi connectivity index (χ1n) is 7.75. The van der Waals surface area contributed by atoms with Gasteiger partial charge < -0.3 is 15.0 Å². The smallest absolute Gasteiger partial charge is 0.224 e. The van der Waals surface area contributed by atoms with Crippen LogP contribution in [0.25, 0.3) is 0 Å².